The number of unbranched alkanes of at least 4 members (excludes halogenated alkanes) is 6. The second kappa shape index (κ2) is 15.4. The Labute approximate surface area is 203 Å². The molecule has 34 heavy (non-hydrogen) atoms. The number of aliphatic hydroxyl groups excluding tert-OH is 5. The second-order valence-corrected chi connectivity index (χ2v) is 9.57. The van der Waals surface area contributed by atoms with Crippen molar-refractivity contribution in [1.82, 2.24) is 10.6 Å². The summed E-state index contributed by atoms with van der Waals surface area (Å²) < 4.78 is 0. The Morgan fingerprint density at radius 2 is 1.62 bits per heavy atom. The standard InChI is InChI=1S/C26H44N2O6/c1-2-3-4-5-6-7-11-14-22(30)28-21(23(31)18-12-9-8-10-13-18)16-27-20-15-19(17-29)24(32)26(34)25(20)33/h8-10,12-13,19-21,23-27,29,31-34H,2-7,11,14-17H2,1H3,(H,28,30)/t19?,20?,21-,23+,24?,25?,26?/m1/s1. The number of rotatable bonds is 15. The highest BCUT2D eigenvalue weighted by Gasteiger charge is 2.42. The predicted molar refractivity (Wildman–Crippen MR) is 131 cm³/mol. The minimum Gasteiger partial charge on any atom is -0.396 e. The number of nitrogens with one attached hydrogen (secondary N) is 2. The van der Waals surface area contributed by atoms with Crippen LogP contribution < -0.4 is 10.6 Å². The SMILES string of the molecule is CCCCCCCCCC(=O)N[C@H](CNC1CC(CO)C(O)C(O)C1O)[C@@H](O)c1ccccc1. The third-order valence-corrected chi connectivity index (χ3v) is 6.86. The van der Waals surface area contributed by atoms with E-state index in [1.807, 2.05) is 18.2 Å². The molecule has 0 spiro atoms. The largest absolute Gasteiger partial charge is 0.396 e. The van der Waals surface area contributed by atoms with Crippen LogP contribution in [0.15, 0.2) is 30.3 Å². The molecule has 0 aliphatic heterocycles. The van der Waals surface area contributed by atoms with E-state index in [4.69, 9.17) is 0 Å². The molecule has 1 amide bonds. The number of carbonyl (C=O) groups excluding carboxylic acids is 1. The molecule has 7 atom stereocenters. The van der Waals surface area contributed by atoms with Crippen LogP contribution in [-0.2, 0) is 4.79 Å². The Morgan fingerprint density at radius 3 is 2.26 bits per heavy atom. The van der Waals surface area contributed by atoms with Crippen molar-refractivity contribution in [3.05, 3.63) is 35.9 Å². The lowest BCUT2D eigenvalue weighted by Crippen LogP contribution is -2.60. The van der Waals surface area contributed by atoms with E-state index in [9.17, 15) is 30.3 Å². The summed E-state index contributed by atoms with van der Waals surface area (Å²) >= 11 is 0. The number of benzene rings is 1. The molecule has 8 heteroatoms. The zero-order chi connectivity index (χ0) is 24.9. The van der Waals surface area contributed by atoms with Crippen LogP contribution in [0.3, 0.4) is 0 Å². The molecule has 1 aliphatic rings. The molecule has 0 bridgehead atoms. The first-order chi connectivity index (χ1) is 16.4. The Kier molecular flexibility index (Phi) is 13.0. The van der Waals surface area contributed by atoms with Gasteiger partial charge in [-0.05, 0) is 18.4 Å². The van der Waals surface area contributed by atoms with Crippen molar-refractivity contribution in [1.29, 1.82) is 0 Å². The quantitative estimate of drug-likeness (QED) is 0.188. The molecule has 1 saturated carbocycles. The lowest BCUT2D eigenvalue weighted by molar-refractivity contribution is -0.131. The van der Waals surface area contributed by atoms with Gasteiger partial charge in [-0.1, -0.05) is 75.8 Å². The van der Waals surface area contributed by atoms with Crippen molar-refractivity contribution in [3.8, 4) is 0 Å². The molecule has 1 aliphatic carbocycles. The fraction of sp³-hybridized carbons (Fsp3) is 0.731. The minimum absolute atomic E-state index is 0.136. The monoisotopic (exact) mass is 480 g/mol. The third-order valence-electron chi connectivity index (χ3n) is 6.86. The molecule has 2 rings (SSSR count). The summed E-state index contributed by atoms with van der Waals surface area (Å²) in [4.78, 5) is 12.6. The van der Waals surface area contributed by atoms with E-state index in [2.05, 4.69) is 17.6 Å². The van der Waals surface area contributed by atoms with Gasteiger partial charge in [-0.25, -0.2) is 0 Å². The molecule has 194 valence electrons. The average molecular weight is 481 g/mol. The highest BCUT2D eigenvalue weighted by Crippen LogP contribution is 2.26. The maximum Gasteiger partial charge on any atom is 0.220 e. The van der Waals surface area contributed by atoms with Crippen LogP contribution in [-0.4, -0.2) is 75.0 Å². The van der Waals surface area contributed by atoms with Crippen LogP contribution >= 0.6 is 0 Å². The van der Waals surface area contributed by atoms with Crippen molar-refractivity contribution in [2.45, 2.75) is 101 Å². The van der Waals surface area contributed by atoms with E-state index in [-0.39, 0.29) is 25.5 Å². The topological polar surface area (TPSA) is 142 Å². The highest BCUT2D eigenvalue weighted by atomic mass is 16.4. The van der Waals surface area contributed by atoms with E-state index in [0.717, 1.165) is 19.3 Å². The summed E-state index contributed by atoms with van der Waals surface area (Å²) in [7, 11) is 0. The van der Waals surface area contributed by atoms with Crippen molar-refractivity contribution in [3.63, 3.8) is 0 Å². The van der Waals surface area contributed by atoms with E-state index in [1.54, 1.807) is 12.1 Å². The first kappa shape index (κ1) is 28.7. The first-order valence-electron chi connectivity index (χ1n) is 12.8. The van der Waals surface area contributed by atoms with E-state index in [0.29, 0.717) is 12.0 Å². The molecule has 8 nitrogen and oxygen atoms in total. The molecular formula is C26H44N2O6. The highest BCUT2D eigenvalue weighted by molar-refractivity contribution is 5.76. The van der Waals surface area contributed by atoms with Crippen LogP contribution in [0.1, 0.15) is 76.4 Å². The normalized spacial score (nSPS) is 26.7. The van der Waals surface area contributed by atoms with Gasteiger partial charge < -0.3 is 36.2 Å². The Balaban J connectivity index is 1.94. The number of hydrogen-bond acceptors (Lipinski definition) is 7. The molecular weight excluding hydrogens is 436 g/mol. The van der Waals surface area contributed by atoms with Crippen molar-refractivity contribution in [2.75, 3.05) is 13.2 Å². The van der Waals surface area contributed by atoms with Crippen molar-refractivity contribution >= 4 is 5.91 Å². The van der Waals surface area contributed by atoms with Gasteiger partial charge in [0.05, 0.1) is 18.2 Å². The number of carbonyl (C=O) groups is 1. The van der Waals surface area contributed by atoms with Gasteiger partial charge in [0.2, 0.25) is 5.91 Å². The van der Waals surface area contributed by atoms with E-state index in [1.165, 1.54) is 25.7 Å². The molecule has 7 N–H and O–H groups in total. The zero-order valence-corrected chi connectivity index (χ0v) is 20.4. The summed E-state index contributed by atoms with van der Waals surface area (Å²) in [6.07, 6.45) is 3.66. The molecule has 0 radical (unpaired) electrons. The van der Waals surface area contributed by atoms with Crippen LogP contribution in [0.25, 0.3) is 0 Å². The Hall–Kier alpha value is -1.55. The molecule has 1 aromatic rings. The molecule has 0 heterocycles. The van der Waals surface area contributed by atoms with Crippen LogP contribution in [0.5, 0.6) is 0 Å². The summed E-state index contributed by atoms with van der Waals surface area (Å²) in [5, 5.41) is 57.1. The van der Waals surface area contributed by atoms with Crippen LogP contribution in [0, 0.1) is 5.92 Å². The van der Waals surface area contributed by atoms with Crippen molar-refractivity contribution in [2.24, 2.45) is 5.92 Å². The van der Waals surface area contributed by atoms with Gasteiger partial charge in [0.1, 0.15) is 12.2 Å². The molecule has 5 unspecified atom stereocenters. The number of amides is 1. The summed E-state index contributed by atoms with van der Waals surface area (Å²) in [6.45, 7) is 2.03. The number of hydrogen-bond donors (Lipinski definition) is 7. The van der Waals surface area contributed by atoms with Gasteiger partial charge in [0.25, 0.3) is 0 Å². The summed E-state index contributed by atoms with van der Waals surface area (Å²) in [6, 6.07) is 7.82. The van der Waals surface area contributed by atoms with Gasteiger partial charge in [-0.3, -0.25) is 4.79 Å². The average Bonchev–Trinajstić information content (AvgIpc) is 2.85. The maximum absolute atomic E-state index is 12.6. The number of aliphatic hydroxyl groups is 5. The smallest absolute Gasteiger partial charge is 0.220 e. The molecule has 1 fully saturated rings. The summed E-state index contributed by atoms with van der Waals surface area (Å²) in [5.74, 6) is -0.705. The molecule has 1 aromatic carbocycles. The van der Waals surface area contributed by atoms with Crippen molar-refractivity contribution < 1.29 is 30.3 Å². The fourth-order valence-electron chi connectivity index (χ4n) is 4.63. The third kappa shape index (κ3) is 8.91. The van der Waals surface area contributed by atoms with Crippen LogP contribution in [0.4, 0.5) is 0 Å². The van der Waals surface area contributed by atoms with Gasteiger partial charge in [0, 0.05) is 31.5 Å². The molecule has 0 saturated heterocycles. The van der Waals surface area contributed by atoms with E-state index < -0.39 is 42.4 Å². The van der Waals surface area contributed by atoms with E-state index >= 15 is 0 Å². The lowest BCUT2D eigenvalue weighted by Gasteiger charge is -2.41. The fourth-order valence-corrected chi connectivity index (χ4v) is 4.63. The Bertz CT molecular complexity index is 689. The first-order valence-corrected chi connectivity index (χ1v) is 12.8. The Morgan fingerprint density at radius 1 is 0.971 bits per heavy atom. The summed E-state index contributed by atoms with van der Waals surface area (Å²) in [5.41, 5.74) is 0.665. The second-order valence-electron chi connectivity index (χ2n) is 9.57. The van der Waals surface area contributed by atoms with Gasteiger partial charge in [-0.2, -0.15) is 0 Å². The minimum atomic E-state index is -1.38. The lowest BCUT2D eigenvalue weighted by atomic mass is 9.79. The van der Waals surface area contributed by atoms with Gasteiger partial charge in [0.15, 0.2) is 0 Å². The molecule has 0 aromatic heterocycles. The van der Waals surface area contributed by atoms with Gasteiger partial charge in [-0.15, -0.1) is 0 Å². The predicted octanol–water partition coefficient (Wildman–Crippen LogP) is 1.40. The van der Waals surface area contributed by atoms with Gasteiger partial charge >= 0.3 is 0 Å². The zero-order valence-electron chi connectivity index (χ0n) is 20.4. The maximum atomic E-state index is 12.6. The van der Waals surface area contributed by atoms with Crippen LogP contribution in [0.2, 0.25) is 0 Å².